The van der Waals surface area contributed by atoms with Gasteiger partial charge in [0.25, 0.3) is 0 Å². The first kappa shape index (κ1) is 15.4. The molecule has 0 aromatic rings. The van der Waals surface area contributed by atoms with Crippen LogP contribution in [0.1, 0.15) is 34.6 Å². The van der Waals surface area contributed by atoms with Crippen molar-refractivity contribution in [1.82, 2.24) is 10.2 Å². The van der Waals surface area contributed by atoms with E-state index in [2.05, 4.69) is 31.0 Å². The average molecular weight is 230 g/mol. The number of nitrogens with one attached hydrogen (secondary N) is 1. The molecule has 0 aromatic heterocycles. The molecule has 0 aliphatic rings. The van der Waals surface area contributed by atoms with Crippen molar-refractivity contribution >= 4 is 5.97 Å². The molecule has 0 spiro atoms. The van der Waals surface area contributed by atoms with Gasteiger partial charge in [-0.05, 0) is 33.9 Å². The normalized spacial score (nSPS) is 14.9. The highest BCUT2D eigenvalue weighted by Crippen LogP contribution is 1.95. The Morgan fingerprint density at radius 3 is 2.25 bits per heavy atom. The molecule has 0 amide bonds. The van der Waals surface area contributed by atoms with E-state index in [1.54, 1.807) is 0 Å². The molecule has 4 nitrogen and oxygen atoms in total. The highest BCUT2D eigenvalue weighted by molar-refractivity contribution is 5.75. The van der Waals surface area contributed by atoms with Gasteiger partial charge in [-0.2, -0.15) is 0 Å². The number of likely N-dealkylation sites (N-methyl/N-ethyl adjacent to an activating group) is 1. The first-order valence-electron chi connectivity index (χ1n) is 6.20. The molecular weight excluding hydrogens is 204 g/mol. The van der Waals surface area contributed by atoms with Gasteiger partial charge >= 0.3 is 5.97 Å². The number of hydrogen-bond donors (Lipinski definition) is 1. The van der Waals surface area contributed by atoms with Gasteiger partial charge in [-0.15, -0.1) is 0 Å². The average Bonchev–Trinajstić information content (AvgIpc) is 2.26. The van der Waals surface area contributed by atoms with Crippen molar-refractivity contribution in [2.75, 3.05) is 26.2 Å². The zero-order valence-electron chi connectivity index (χ0n) is 11.2. The summed E-state index contributed by atoms with van der Waals surface area (Å²) in [6.45, 7) is 13.5. The number of rotatable bonds is 8. The summed E-state index contributed by atoms with van der Waals surface area (Å²) in [5.41, 5.74) is 0. The molecule has 0 rings (SSSR count). The molecular formula is C12H26N2O2. The van der Waals surface area contributed by atoms with Gasteiger partial charge in [-0.25, -0.2) is 0 Å². The fourth-order valence-corrected chi connectivity index (χ4v) is 1.68. The minimum absolute atomic E-state index is 0.172. The number of carbonyl (C=O) groups is 1. The molecule has 0 saturated heterocycles. The predicted octanol–water partition coefficient (Wildman–Crippen LogP) is 1.26. The second-order valence-electron chi connectivity index (χ2n) is 4.03. The van der Waals surface area contributed by atoms with Crippen LogP contribution in [0.25, 0.3) is 0 Å². The van der Waals surface area contributed by atoms with Crippen LogP contribution in [-0.2, 0) is 9.53 Å². The molecule has 16 heavy (non-hydrogen) atoms. The van der Waals surface area contributed by atoms with Crippen molar-refractivity contribution in [3.05, 3.63) is 0 Å². The van der Waals surface area contributed by atoms with Gasteiger partial charge in [0.15, 0.2) is 0 Å². The monoisotopic (exact) mass is 230 g/mol. The Kier molecular flexibility index (Phi) is 8.21. The topological polar surface area (TPSA) is 41.6 Å². The summed E-state index contributed by atoms with van der Waals surface area (Å²) in [7, 11) is 0. The van der Waals surface area contributed by atoms with E-state index in [0.29, 0.717) is 12.6 Å². The molecule has 0 saturated carbocycles. The molecule has 0 radical (unpaired) electrons. The third kappa shape index (κ3) is 6.08. The molecule has 0 heterocycles. The van der Waals surface area contributed by atoms with E-state index < -0.39 is 0 Å². The molecule has 96 valence electrons. The van der Waals surface area contributed by atoms with E-state index in [-0.39, 0.29) is 12.0 Å². The largest absolute Gasteiger partial charge is 0.465 e. The fourth-order valence-electron chi connectivity index (χ4n) is 1.68. The molecule has 0 bridgehead atoms. The summed E-state index contributed by atoms with van der Waals surface area (Å²) in [4.78, 5) is 13.7. The first-order chi connectivity index (χ1) is 7.54. The highest BCUT2D eigenvalue weighted by atomic mass is 16.5. The van der Waals surface area contributed by atoms with E-state index in [0.717, 1.165) is 19.6 Å². The van der Waals surface area contributed by atoms with E-state index in [1.807, 2.05) is 13.8 Å². The summed E-state index contributed by atoms with van der Waals surface area (Å²) in [5, 5.41) is 3.25. The maximum atomic E-state index is 11.4. The molecule has 0 fully saturated rings. The summed E-state index contributed by atoms with van der Waals surface area (Å²) in [6.07, 6.45) is 0. The van der Waals surface area contributed by atoms with Crippen molar-refractivity contribution in [1.29, 1.82) is 0 Å². The van der Waals surface area contributed by atoms with Crippen molar-refractivity contribution in [3.63, 3.8) is 0 Å². The lowest BCUT2D eigenvalue weighted by Gasteiger charge is -2.25. The van der Waals surface area contributed by atoms with Crippen LogP contribution >= 0.6 is 0 Å². The summed E-state index contributed by atoms with van der Waals surface area (Å²) in [5.74, 6) is -0.172. The van der Waals surface area contributed by atoms with E-state index in [1.165, 1.54) is 0 Å². The van der Waals surface area contributed by atoms with Gasteiger partial charge in [-0.1, -0.05) is 13.8 Å². The molecule has 0 aromatic carbocycles. The van der Waals surface area contributed by atoms with Crippen LogP contribution in [0.15, 0.2) is 0 Å². The second-order valence-corrected chi connectivity index (χ2v) is 4.03. The maximum absolute atomic E-state index is 11.4. The van der Waals surface area contributed by atoms with Gasteiger partial charge in [-0.3, -0.25) is 4.79 Å². The third-order valence-electron chi connectivity index (χ3n) is 2.60. The van der Waals surface area contributed by atoms with Crippen LogP contribution in [0.4, 0.5) is 0 Å². The van der Waals surface area contributed by atoms with E-state index in [9.17, 15) is 4.79 Å². The lowest BCUT2D eigenvalue weighted by Crippen LogP contribution is -2.46. The van der Waals surface area contributed by atoms with Crippen LogP contribution in [0.3, 0.4) is 0 Å². The number of carbonyl (C=O) groups excluding carboxylic acids is 1. The van der Waals surface area contributed by atoms with Crippen molar-refractivity contribution in [2.45, 2.75) is 46.7 Å². The summed E-state index contributed by atoms with van der Waals surface area (Å²) in [6, 6.07) is 0.0600. The Morgan fingerprint density at radius 1 is 1.25 bits per heavy atom. The minimum Gasteiger partial charge on any atom is -0.465 e. The van der Waals surface area contributed by atoms with Crippen molar-refractivity contribution in [2.24, 2.45) is 0 Å². The molecule has 2 atom stereocenters. The first-order valence-corrected chi connectivity index (χ1v) is 6.20. The third-order valence-corrected chi connectivity index (χ3v) is 2.60. The summed E-state index contributed by atoms with van der Waals surface area (Å²) >= 11 is 0. The molecule has 2 unspecified atom stereocenters. The van der Waals surface area contributed by atoms with Gasteiger partial charge in [0.1, 0.15) is 6.04 Å². The molecule has 0 aliphatic heterocycles. The lowest BCUT2D eigenvalue weighted by atomic mass is 10.2. The Labute approximate surface area is 99.3 Å². The SMILES string of the molecule is CCOC(=O)C(C)NC(C)CN(CC)CC. The molecule has 1 N–H and O–H groups in total. The number of nitrogens with zero attached hydrogens (tertiary/aromatic N) is 1. The number of hydrogen-bond acceptors (Lipinski definition) is 4. The lowest BCUT2D eigenvalue weighted by molar-refractivity contribution is -0.145. The second kappa shape index (κ2) is 8.53. The Morgan fingerprint density at radius 2 is 1.81 bits per heavy atom. The standard InChI is InChI=1S/C12H26N2O2/c1-6-14(7-2)9-10(4)13-11(5)12(15)16-8-3/h10-11,13H,6-9H2,1-5H3. The smallest absolute Gasteiger partial charge is 0.322 e. The van der Waals surface area contributed by atoms with Crippen LogP contribution in [0.5, 0.6) is 0 Å². The zero-order chi connectivity index (χ0) is 12.6. The Hall–Kier alpha value is -0.610. The van der Waals surface area contributed by atoms with E-state index in [4.69, 9.17) is 4.74 Å². The number of ether oxygens (including phenoxy) is 1. The molecule has 4 heteroatoms. The van der Waals surface area contributed by atoms with Crippen LogP contribution in [0, 0.1) is 0 Å². The minimum atomic E-state index is -0.231. The van der Waals surface area contributed by atoms with Crippen molar-refractivity contribution in [3.8, 4) is 0 Å². The number of esters is 1. The Balaban J connectivity index is 3.93. The van der Waals surface area contributed by atoms with Crippen LogP contribution < -0.4 is 5.32 Å². The Bertz CT molecular complexity index is 193. The van der Waals surface area contributed by atoms with Gasteiger partial charge in [0.2, 0.25) is 0 Å². The highest BCUT2D eigenvalue weighted by Gasteiger charge is 2.16. The van der Waals surface area contributed by atoms with Gasteiger partial charge in [0.05, 0.1) is 6.61 Å². The van der Waals surface area contributed by atoms with Crippen molar-refractivity contribution < 1.29 is 9.53 Å². The van der Waals surface area contributed by atoms with Gasteiger partial charge < -0.3 is 15.0 Å². The van der Waals surface area contributed by atoms with Crippen LogP contribution in [0.2, 0.25) is 0 Å². The summed E-state index contributed by atoms with van der Waals surface area (Å²) < 4.78 is 4.95. The van der Waals surface area contributed by atoms with E-state index >= 15 is 0 Å². The van der Waals surface area contributed by atoms with Crippen LogP contribution in [-0.4, -0.2) is 49.2 Å². The predicted molar refractivity (Wildman–Crippen MR) is 66.5 cm³/mol. The fraction of sp³-hybridized carbons (Fsp3) is 0.917. The zero-order valence-corrected chi connectivity index (χ0v) is 11.2. The molecule has 0 aliphatic carbocycles. The van der Waals surface area contributed by atoms with Gasteiger partial charge in [0, 0.05) is 12.6 Å². The maximum Gasteiger partial charge on any atom is 0.322 e. The quantitative estimate of drug-likeness (QED) is 0.637.